The molecule has 8 heteroatoms. The third kappa shape index (κ3) is 4.75. The summed E-state index contributed by atoms with van der Waals surface area (Å²) < 4.78 is 45.5. The molecular formula is C16H23FN2O4S. The normalized spacial score (nSPS) is 16.1. The molecule has 2 rings (SSSR count). The molecule has 1 heterocycles. The summed E-state index contributed by atoms with van der Waals surface area (Å²) >= 11 is 0. The maximum Gasteiger partial charge on any atom is 0.246 e. The van der Waals surface area contributed by atoms with Gasteiger partial charge in [0.15, 0.2) is 0 Å². The Hall–Kier alpha value is -1.51. The Balaban J connectivity index is 2.14. The van der Waals surface area contributed by atoms with Gasteiger partial charge in [0.2, 0.25) is 15.9 Å². The molecule has 24 heavy (non-hydrogen) atoms. The molecule has 0 spiro atoms. The van der Waals surface area contributed by atoms with Crippen LogP contribution in [0.2, 0.25) is 0 Å². The average molecular weight is 358 g/mol. The predicted octanol–water partition coefficient (Wildman–Crippen LogP) is 2.37. The zero-order valence-corrected chi connectivity index (χ0v) is 14.6. The van der Waals surface area contributed by atoms with Crippen LogP contribution in [-0.2, 0) is 19.6 Å². The molecule has 1 N–H and O–H groups in total. The molecular weight excluding hydrogens is 335 g/mol. The molecule has 1 aliphatic rings. The summed E-state index contributed by atoms with van der Waals surface area (Å²) in [6.07, 6.45) is 3.08. The van der Waals surface area contributed by atoms with E-state index in [1.54, 1.807) is 0 Å². The van der Waals surface area contributed by atoms with E-state index >= 15 is 0 Å². The molecule has 6 nitrogen and oxygen atoms in total. The number of carbonyl (C=O) groups excluding carboxylic acids is 1. The lowest BCUT2D eigenvalue weighted by atomic mass is 10.2. The van der Waals surface area contributed by atoms with Crippen molar-refractivity contribution in [2.45, 2.75) is 37.5 Å². The number of anilines is 1. The Labute approximate surface area is 142 Å². The fourth-order valence-electron chi connectivity index (χ4n) is 2.46. The van der Waals surface area contributed by atoms with E-state index in [1.807, 2.05) is 6.92 Å². The molecule has 1 aliphatic heterocycles. The van der Waals surface area contributed by atoms with Gasteiger partial charge < -0.3 is 10.1 Å². The number of sulfonamides is 1. The van der Waals surface area contributed by atoms with E-state index in [-0.39, 0.29) is 37.9 Å². The van der Waals surface area contributed by atoms with Gasteiger partial charge in [-0.15, -0.1) is 0 Å². The van der Waals surface area contributed by atoms with E-state index in [0.29, 0.717) is 6.42 Å². The number of benzene rings is 1. The van der Waals surface area contributed by atoms with Crippen molar-refractivity contribution in [1.29, 1.82) is 0 Å². The SMILES string of the molecule is CCCCCC(=O)Nc1ccc(F)c(S(=O)(=O)N2CCOCC2)c1. The highest BCUT2D eigenvalue weighted by atomic mass is 32.2. The van der Waals surface area contributed by atoms with Crippen molar-refractivity contribution >= 4 is 21.6 Å². The van der Waals surface area contributed by atoms with Gasteiger partial charge in [0, 0.05) is 25.2 Å². The van der Waals surface area contributed by atoms with Crippen molar-refractivity contribution in [2.75, 3.05) is 31.6 Å². The van der Waals surface area contributed by atoms with Gasteiger partial charge in [-0.05, 0) is 24.6 Å². The van der Waals surface area contributed by atoms with Crippen LogP contribution in [0.4, 0.5) is 10.1 Å². The Kier molecular flexibility index (Phi) is 6.70. The maximum absolute atomic E-state index is 14.1. The number of carbonyl (C=O) groups is 1. The van der Waals surface area contributed by atoms with Crippen LogP contribution >= 0.6 is 0 Å². The van der Waals surface area contributed by atoms with Crippen molar-refractivity contribution in [3.05, 3.63) is 24.0 Å². The largest absolute Gasteiger partial charge is 0.379 e. The van der Waals surface area contributed by atoms with Gasteiger partial charge in [-0.2, -0.15) is 4.31 Å². The Morgan fingerprint density at radius 2 is 2.00 bits per heavy atom. The van der Waals surface area contributed by atoms with E-state index < -0.39 is 20.7 Å². The Morgan fingerprint density at radius 3 is 2.67 bits per heavy atom. The zero-order chi connectivity index (χ0) is 17.6. The van der Waals surface area contributed by atoms with Gasteiger partial charge in [0.25, 0.3) is 0 Å². The third-order valence-electron chi connectivity index (χ3n) is 3.81. The number of amides is 1. The second-order valence-electron chi connectivity index (χ2n) is 5.67. The molecule has 1 saturated heterocycles. The molecule has 0 saturated carbocycles. The van der Waals surface area contributed by atoms with Crippen molar-refractivity contribution in [3.8, 4) is 0 Å². The first-order valence-corrected chi connectivity index (χ1v) is 9.56. The van der Waals surface area contributed by atoms with Crippen LogP contribution in [-0.4, -0.2) is 44.9 Å². The van der Waals surface area contributed by atoms with Gasteiger partial charge in [0.1, 0.15) is 10.7 Å². The Bertz CT molecular complexity index is 673. The summed E-state index contributed by atoms with van der Waals surface area (Å²) in [7, 11) is -3.94. The highest BCUT2D eigenvalue weighted by molar-refractivity contribution is 7.89. The van der Waals surface area contributed by atoms with Crippen molar-refractivity contribution in [3.63, 3.8) is 0 Å². The minimum Gasteiger partial charge on any atom is -0.379 e. The number of nitrogens with zero attached hydrogens (tertiary/aromatic N) is 1. The molecule has 0 radical (unpaired) electrons. The van der Waals surface area contributed by atoms with E-state index in [2.05, 4.69) is 5.32 Å². The molecule has 0 bridgehead atoms. The van der Waals surface area contributed by atoms with Crippen molar-refractivity contribution in [1.82, 2.24) is 4.31 Å². The highest BCUT2D eigenvalue weighted by Crippen LogP contribution is 2.24. The van der Waals surface area contributed by atoms with Crippen LogP contribution in [0.25, 0.3) is 0 Å². The second kappa shape index (κ2) is 8.55. The van der Waals surface area contributed by atoms with Gasteiger partial charge in [-0.1, -0.05) is 19.8 Å². The van der Waals surface area contributed by atoms with Gasteiger partial charge in [0.05, 0.1) is 13.2 Å². The molecule has 0 aromatic heterocycles. The molecule has 0 unspecified atom stereocenters. The summed E-state index contributed by atoms with van der Waals surface area (Å²) in [5, 5.41) is 2.63. The second-order valence-corrected chi connectivity index (χ2v) is 7.57. The van der Waals surface area contributed by atoms with Crippen LogP contribution in [0.1, 0.15) is 32.6 Å². The third-order valence-corrected chi connectivity index (χ3v) is 5.72. The molecule has 0 atom stereocenters. The number of unbranched alkanes of at least 4 members (excludes halogenated alkanes) is 2. The summed E-state index contributed by atoms with van der Waals surface area (Å²) in [5.41, 5.74) is 0.282. The number of hydrogen-bond donors (Lipinski definition) is 1. The minimum atomic E-state index is -3.94. The fourth-order valence-corrected chi connectivity index (χ4v) is 3.96. The standard InChI is InChI=1S/C16H23FN2O4S/c1-2-3-4-5-16(20)18-13-6-7-14(17)15(12-13)24(21,22)19-8-10-23-11-9-19/h6-7,12H,2-5,8-11H2,1H3,(H,18,20). The van der Waals surface area contributed by atoms with Gasteiger partial charge in [-0.3, -0.25) is 4.79 Å². The highest BCUT2D eigenvalue weighted by Gasteiger charge is 2.29. The summed E-state index contributed by atoms with van der Waals surface area (Å²) in [6.45, 7) is 2.99. The number of nitrogens with one attached hydrogen (secondary N) is 1. The number of hydrogen-bond acceptors (Lipinski definition) is 4. The average Bonchev–Trinajstić information content (AvgIpc) is 2.57. The molecule has 1 amide bonds. The molecule has 0 aliphatic carbocycles. The Morgan fingerprint density at radius 1 is 1.29 bits per heavy atom. The number of morpholine rings is 1. The smallest absolute Gasteiger partial charge is 0.246 e. The van der Waals surface area contributed by atoms with E-state index in [9.17, 15) is 17.6 Å². The van der Waals surface area contributed by atoms with E-state index in [0.717, 1.165) is 25.3 Å². The lowest BCUT2D eigenvalue weighted by Gasteiger charge is -2.26. The lowest BCUT2D eigenvalue weighted by Crippen LogP contribution is -2.40. The van der Waals surface area contributed by atoms with Crippen LogP contribution in [0, 0.1) is 5.82 Å². The van der Waals surface area contributed by atoms with E-state index in [4.69, 9.17) is 4.74 Å². The van der Waals surface area contributed by atoms with Crippen molar-refractivity contribution in [2.24, 2.45) is 0 Å². The predicted molar refractivity (Wildman–Crippen MR) is 88.7 cm³/mol. The minimum absolute atomic E-state index is 0.190. The molecule has 1 aromatic carbocycles. The molecule has 1 fully saturated rings. The maximum atomic E-state index is 14.1. The van der Waals surface area contributed by atoms with Crippen molar-refractivity contribution < 1.29 is 22.3 Å². The number of rotatable bonds is 7. The summed E-state index contributed by atoms with van der Waals surface area (Å²) in [4.78, 5) is 11.4. The van der Waals surface area contributed by atoms with Crippen LogP contribution in [0.5, 0.6) is 0 Å². The van der Waals surface area contributed by atoms with Gasteiger partial charge in [-0.25, -0.2) is 12.8 Å². The lowest BCUT2D eigenvalue weighted by molar-refractivity contribution is -0.116. The van der Waals surface area contributed by atoms with Crippen LogP contribution in [0.3, 0.4) is 0 Å². The summed E-state index contributed by atoms with van der Waals surface area (Å²) in [5.74, 6) is -1.03. The topological polar surface area (TPSA) is 75.7 Å². The zero-order valence-electron chi connectivity index (χ0n) is 13.8. The molecule has 1 aromatic rings. The summed E-state index contributed by atoms with van der Waals surface area (Å²) in [6, 6.07) is 3.61. The first-order valence-electron chi connectivity index (χ1n) is 8.12. The van der Waals surface area contributed by atoms with E-state index in [1.165, 1.54) is 16.4 Å². The number of halogens is 1. The first-order chi connectivity index (χ1) is 11.4. The first kappa shape index (κ1) is 18.8. The molecule has 134 valence electrons. The fraction of sp³-hybridized carbons (Fsp3) is 0.562. The van der Waals surface area contributed by atoms with Gasteiger partial charge >= 0.3 is 0 Å². The van der Waals surface area contributed by atoms with Crippen LogP contribution < -0.4 is 5.32 Å². The quantitative estimate of drug-likeness (QED) is 0.759. The monoisotopic (exact) mass is 358 g/mol. The number of ether oxygens (including phenoxy) is 1. The van der Waals surface area contributed by atoms with Crippen LogP contribution in [0.15, 0.2) is 23.1 Å².